The summed E-state index contributed by atoms with van der Waals surface area (Å²) >= 11 is 0. The number of hydrogen-bond acceptors (Lipinski definition) is 3. The van der Waals surface area contributed by atoms with Gasteiger partial charge in [-0.15, -0.1) is 6.58 Å². The molecule has 0 unspecified atom stereocenters. The van der Waals surface area contributed by atoms with Gasteiger partial charge in [0.2, 0.25) is 0 Å². The molecule has 0 atom stereocenters. The van der Waals surface area contributed by atoms with E-state index >= 15 is 0 Å². The van der Waals surface area contributed by atoms with Crippen molar-refractivity contribution in [3.05, 3.63) is 12.7 Å². The average Bonchev–Trinajstić information content (AvgIpc) is 1.99. The first-order valence-electron chi connectivity index (χ1n) is 3.44. The van der Waals surface area contributed by atoms with Gasteiger partial charge in [0.05, 0.1) is 5.75 Å². The molecule has 0 bridgehead atoms. The Hall–Kier alpha value is -0.700. The summed E-state index contributed by atoms with van der Waals surface area (Å²) in [6, 6.07) is 0. The average molecular weight is 254 g/mol. The largest absolute Gasteiger partial charge is 0.455 e. The molecule has 0 heterocycles. The zero-order valence-corrected chi connectivity index (χ0v) is 8.04. The Balaban J connectivity index is 4.46. The second-order valence-electron chi connectivity index (χ2n) is 2.48. The summed E-state index contributed by atoms with van der Waals surface area (Å²) in [5.74, 6) is -6.03. The number of alkyl halides is 5. The van der Waals surface area contributed by atoms with E-state index < -0.39 is 34.6 Å². The Labute approximate surface area is 82.6 Å². The summed E-state index contributed by atoms with van der Waals surface area (Å²) in [6.45, 7) is 0.713. The second kappa shape index (κ2) is 4.44. The van der Waals surface area contributed by atoms with E-state index in [4.69, 9.17) is 0 Å². The summed E-state index contributed by atoms with van der Waals surface area (Å²) in [5.41, 5.74) is 0. The van der Waals surface area contributed by atoms with E-state index in [2.05, 4.69) is 10.8 Å². The van der Waals surface area contributed by atoms with E-state index in [1.54, 1.807) is 0 Å². The van der Waals surface area contributed by atoms with Crippen LogP contribution in [-0.4, -0.2) is 32.9 Å². The van der Waals surface area contributed by atoms with E-state index in [9.17, 15) is 30.4 Å². The molecule has 0 saturated heterocycles. The SMILES string of the molecule is C=CCS(=O)(=O)OCC(F)(F)C(F)(F)F. The van der Waals surface area contributed by atoms with E-state index in [1.807, 2.05) is 0 Å². The molecule has 0 radical (unpaired) electrons. The van der Waals surface area contributed by atoms with E-state index in [0.29, 0.717) is 0 Å². The van der Waals surface area contributed by atoms with Gasteiger partial charge in [-0.1, -0.05) is 6.08 Å². The smallest absolute Gasteiger partial charge is 0.263 e. The quantitative estimate of drug-likeness (QED) is 0.426. The third kappa shape index (κ3) is 4.56. The summed E-state index contributed by atoms with van der Waals surface area (Å²) in [5, 5.41) is 0. The van der Waals surface area contributed by atoms with Crippen molar-refractivity contribution in [3.63, 3.8) is 0 Å². The lowest BCUT2D eigenvalue weighted by molar-refractivity contribution is -0.289. The van der Waals surface area contributed by atoms with Gasteiger partial charge in [-0.2, -0.15) is 30.4 Å². The zero-order chi connectivity index (χ0) is 12.3. The van der Waals surface area contributed by atoms with Crippen molar-refractivity contribution in [2.24, 2.45) is 0 Å². The lowest BCUT2D eigenvalue weighted by atomic mass is 10.3. The molecule has 0 aliphatic rings. The van der Waals surface area contributed by atoms with Crippen molar-refractivity contribution in [1.82, 2.24) is 0 Å². The molecule has 0 aliphatic carbocycles. The molecule has 0 spiro atoms. The summed E-state index contributed by atoms with van der Waals surface area (Å²) in [6.07, 6.45) is -5.03. The monoisotopic (exact) mass is 254 g/mol. The topological polar surface area (TPSA) is 43.4 Å². The molecule has 0 aromatic heterocycles. The Kier molecular flexibility index (Phi) is 4.23. The first-order valence-corrected chi connectivity index (χ1v) is 5.02. The fraction of sp³-hybridized carbons (Fsp3) is 0.667. The van der Waals surface area contributed by atoms with Crippen LogP contribution in [-0.2, 0) is 14.3 Å². The maximum atomic E-state index is 12.2. The Bertz CT molecular complexity index is 318. The van der Waals surface area contributed by atoms with E-state index in [1.165, 1.54) is 0 Å². The molecule has 0 N–H and O–H groups in total. The molecule has 0 saturated carbocycles. The zero-order valence-electron chi connectivity index (χ0n) is 7.22. The van der Waals surface area contributed by atoms with Crippen molar-refractivity contribution in [2.75, 3.05) is 12.4 Å². The lowest BCUT2D eigenvalue weighted by Crippen LogP contribution is -2.41. The molecule has 0 aromatic carbocycles. The standard InChI is InChI=1S/C6H7F5O3S/c1-2-3-15(12,13)14-4-5(7,8)6(9,10)11/h2H,1,3-4H2. The van der Waals surface area contributed by atoms with Crippen LogP contribution in [0.1, 0.15) is 0 Å². The van der Waals surface area contributed by atoms with Gasteiger partial charge < -0.3 is 0 Å². The highest BCUT2D eigenvalue weighted by Crippen LogP contribution is 2.35. The van der Waals surface area contributed by atoms with Crippen molar-refractivity contribution in [1.29, 1.82) is 0 Å². The number of halogens is 5. The van der Waals surface area contributed by atoms with Gasteiger partial charge >= 0.3 is 12.1 Å². The molecule has 0 aromatic rings. The van der Waals surface area contributed by atoms with Crippen LogP contribution in [0.4, 0.5) is 22.0 Å². The van der Waals surface area contributed by atoms with Crippen LogP contribution in [0, 0.1) is 0 Å². The third-order valence-electron chi connectivity index (χ3n) is 1.16. The van der Waals surface area contributed by atoms with Gasteiger partial charge in [-0.25, -0.2) is 0 Å². The highest BCUT2D eigenvalue weighted by Gasteiger charge is 2.58. The first-order chi connectivity index (χ1) is 6.52. The fourth-order valence-corrected chi connectivity index (χ4v) is 1.15. The highest BCUT2D eigenvalue weighted by atomic mass is 32.2. The van der Waals surface area contributed by atoms with E-state index in [-0.39, 0.29) is 0 Å². The molecule has 0 amide bonds. The van der Waals surface area contributed by atoms with Crippen molar-refractivity contribution < 1.29 is 34.6 Å². The van der Waals surface area contributed by atoms with Crippen LogP contribution >= 0.6 is 0 Å². The van der Waals surface area contributed by atoms with Gasteiger partial charge in [0.15, 0.2) is 0 Å². The minimum absolute atomic E-state index is 0.807. The molecule has 90 valence electrons. The van der Waals surface area contributed by atoms with Gasteiger partial charge in [0.1, 0.15) is 6.61 Å². The lowest BCUT2D eigenvalue weighted by Gasteiger charge is -2.18. The molecular formula is C6H7F5O3S. The molecular weight excluding hydrogens is 247 g/mol. The van der Waals surface area contributed by atoms with E-state index in [0.717, 1.165) is 6.08 Å². The predicted octanol–water partition coefficient (Wildman–Crippen LogP) is 1.72. The maximum Gasteiger partial charge on any atom is 0.455 e. The maximum absolute atomic E-state index is 12.2. The normalized spacial score (nSPS) is 13.9. The highest BCUT2D eigenvalue weighted by molar-refractivity contribution is 7.86. The molecule has 0 rings (SSSR count). The molecule has 3 nitrogen and oxygen atoms in total. The summed E-state index contributed by atoms with van der Waals surface area (Å²) in [7, 11) is -4.42. The summed E-state index contributed by atoms with van der Waals surface area (Å²) in [4.78, 5) is 0. The minimum atomic E-state index is -5.84. The van der Waals surface area contributed by atoms with Crippen LogP contribution in [0.5, 0.6) is 0 Å². The fourth-order valence-electron chi connectivity index (χ4n) is 0.438. The Morgan fingerprint density at radius 3 is 2.00 bits per heavy atom. The van der Waals surface area contributed by atoms with Crippen molar-refractivity contribution >= 4 is 10.1 Å². The van der Waals surface area contributed by atoms with Crippen LogP contribution < -0.4 is 0 Å². The first kappa shape index (κ1) is 14.3. The van der Waals surface area contributed by atoms with Crippen LogP contribution in [0.25, 0.3) is 0 Å². The van der Waals surface area contributed by atoms with Crippen LogP contribution in [0.3, 0.4) is 0 Å². The van der Waals surface area contributed by atoms with Gasteiger partial charge in [0.25, 0.3) is 10.1 Å². The molecule has 15 heavy (non-hydrogen) atoms. The number of rotatable bonds is 5. The van der Waals surface area contributed by atoms with Crippen molar-refractivity contribution in [2.45, 2.75) is 12.1 Å². The number of hydrogen-bond donors (Lipinski definition) is 0. The van der Waals surface area contributed by atoms with Gasteiger partial charge in [-0.05, 0) is 0 Å². The van der Waals surface area contributed by atoms with Crippen molar-refractivity contribution in [3.8, 4) is 0 Å². The van der Waals surface area contributed by atoms with Gasteiger partial charge in [0, 0.05) is 0 Å². The molecule has 0 aliphatic heterocycles. The Morgan fingerprint density at radius 1 is 1.20 bits per heavy atom. The predicted molar refractivity (Wildman–Crippen MR) is 40.9 cm³/mol. The third-order valence-corrected chi connectivity index (χ3v) is 2.28. The summed E-state index contributed by atoms with van der Waals surface area (Å²) < 4.78 is 83.7. The van der Waals surface area contributed by atoms with Crippen LogP contribution in [0.15, 0.2) is 12.7 Å². The molecule has 0 fully saturated rings. The Morgan fingerprint density at radius 2 is 1.67 bits per heavy atom. The van der Waals surface area contributed by atoms with Gasteiger partial charge in [-0.3, -0.25) is 4.18 Å². The molecule has 9 heteroatoms. The second-order valence-corrected chi connectivity index (χ2v) is 4.16. The van der Waals surface area contributed by atoms with Crippen LogP contribution in [0.2, 0.25) is 0 Å². The minimum Gasteiger partial charge on any atom is -0.263 e.